The van der Waals surface area contributed by atoms with Gasteiger partial charge in [0.05, 0.1) is 7.11 Å². The van der Waals surface area contributed by atoms with Crippen LogP contribution in [0.25, 0.3) is 0 Å². The molecule has 0 saturated heterocycles. The smallest absolute Gasteiger partial charge is 0.318 e. The summed E-state index contributed by atoms with van der Waals surface area (Å²) in [6.07, 6.45) is 0.925. The summed E-state index contributed by atoms with van der Waals surface area (Å²) < 4.78 is 30.7. The minimum absolute atomic E-state index is 0.105. The molecule has 0 spiro atoms. The lowest BCUT2D eigenvalue weighted by Gasteiger charge is -2.17. The first kappa shape index (κ1) is 17.7. The molecule has 0 amide bonds. The van der Waals surface area contributed by atoms with Gasteiger partial charge in [0.2, 0.25) is 5.92 Å². The fraction of sp³-hybridized carbons (Fsp3) is 0.923. The second kappa shape index (κ2) is 8.73. The second-order valence-electron chi connectivity index (χ2n) is 4.83. The van der Waals surface area contributed by atoms with E-state index in [0.717, 1.165) is 6.42 Å². The molecular weight excluding hydrogens is 258 g/mol. The van der Waals surface area contributed by atoms with Crippen molar-refractivity contribution in [3.05, 3.63) is 0 Å². The third kappa shape index (κ3) is 7.90. The Balaban J connectivity index is 4.01. The molecule has 0 aliphatic carbocycles. The van der Waals surface area contributed by atoms with Gasteiger partial charge in [-0.15, -0.1) is 11.8 Å². The van der Waals surface area contributed by atoms with Crippen LogP contribution in [0.3, 0.4) is 0 Å². The van der Waals surface area contributed by atoms with Crippen LogP contribution in [0.1, 0.15) is 46.5 Å². The number of hydrogen-bond donors (Lipinski definition) is 0. The lowest BCUT2D eigenvalue weighted by molar-refractivity contribution is -0.140. The SMILES string of the molecule is CCC(F)(F)CCCSC(CC(C)C)C(=O)OC. The van der Waals surface area contributed by atoms with Gasteiger partial charge in [0, 0.05) is 12.8 Å². The Kier molecular flexibility index (Phi) is 8.57. The minimum Gasteiger partial charge on any atom is -0.468 e. The monoisotopic (exact) mass is 282 g/mol. The summed E-state index contributed by atoms with van der Waals surface area (Å²) >= 11 is 1.43. The highest BCUT2D eigenvalue weighted by molar-refractivity contribution is 8.00. The quantitative estimate of drug-likeness (QED) is 0.470. The number of ether oxygens (including phenoxy) is 1. The number of carbonyl (C=O) groups is 1. The third-order valence-corrected chi connectivity index (χ3v) is 3.98. The summed E-state index contributed by atoms with van der Waals surface area (Å²) in [5.74, 6) is -1.86. The first-order chi connectivity index (χ1) is 8.32. The van der Waals surface area contributed by atoms with E-state index in [4.69, 9.17) is 4.74 Å². The number of thioether (sulfide) groups is 1. The van der Waals surface area contributed by atoms with Gasteiger partial charge < -0.3 is 4.74 Å². The number of halogens is 2. The highest BCUT2D eigenvalue weighted by atomic mass is 32.2. The maximum Gasteiger partial charge on any atom is 0.318 e. The molecule has 0 aromatic rings. The van der Waals surface area contributed by atoms with E-state index >= 15 is 0 Å². The molecule has 0 saturated carbocycles. The van der Waals surface area contributed by atoms with Crippen LogP contribution in [0, 0.1) is 5.92 Å². The average Bonchev–Trinajstić information content (AvgIpc) is 2.31. The molecule has 108 valence electrons. The predicted octanol–water partition coefficient (Wildman–Crippen LogP) is 4.13. The Bertz CT molecular complexity index is 245. The van der Waals surface area contributed by atoms with Crippen molar-refractivity contribution in [3.63, 3.8) is 0 Å². The van der Waals surface area contributed by atoms with E-state index in [1.165, 1.54) is 25.8 Å². The largest absolute Gasteiger partial charge is 0.468 e. The van der Waals surface area contributed by atoms with Gasteiger partial charge in [-0.1, -0.05) is 20.8 Å². The van der Waals surface area contributed by atoms with Gasteiger partial charge in [0.15, 0.2) is 0 Å². The maximum absolute atomic E-state index is 13.0. The van der Waals surface area contributed by atoms with E-state index in [1.807, 2.05) is 13.8 Å². The van der Waals surface area contributed by atoms with Crippen LogP contribution in [0.2, 0.25) is 0 Å². The summed E-state index contributed by atoms with van der Waals surface area (Å²) in [4.78, 5) is 11.5. The van der Waals surface area contributed by atoms with Gasteiger partial charge in [0.25, 0.3) is 0 Å². The molecule has 0 aromatic heterocycles. The average molecular weight is 282 g/mol. The summed E-state index contributed by atoms with van der Waals surface area (Å²) in [5, 5.41) is -0.231. The summed E-state index contributed by atoms with van der Waals surface area (Å²) in [7, 11) is 1.36. The zero-order valence-electron chi connectivity index (χ0n) is 11.7. The molecule has 0 rings (SSSR count). The molecule has 18 heavy (non-hydrogen) atoms. The van der Waals surface area contributed by atoms with Gasteiger partial charge >= 0.3 is 5.97 Å². The summed E-state index contributed by atoms with van der Waals surface area (Å²) in [5.41, 5.74) is 0. The number of carbonyl (C=O) groups excluding carboxylic acids is 1. The first-order valence-electron chi connectivity index (χ1n) is 6.39. The van der Waals surface area contributed by atoms with Crippen molar-refractivity contribution in [1.29, 1.82) is 0 Å². The Morgan fingerprint density at radius 3 is 2.44 bits per heavy atom. The molecule has 0 radical (unpaired) electrons. The molecule has 1 atom stereocenters. The minimum atomic E-state index is -2.57. The number of hydrogen-bond acceptors (Lipinski definition) is 3. The van der Waals surface area contributed by atoms with Crippen LogP contribution in [-0.4, -0.2) is 30.0 Å². The van der Waals surface area contributed by atoms with Crippen molar-refractivity contribution < 1.29 is 18.3 Å². The molecule has 5 heteroatoms. The molecule has 0 aliphatic rings. The van der Waals surface area contributed by atoms with Gasteiger partial charge in [-0.05, 0) is 24.5 Å². The van der Waals surface area contributed by atoms with Crippen LogP contribution in [0.15, 0.2) is 0 Å². The molecule has 0 aliphatic heterocycles. The van der Waals surface area contributed by atoms with Crippen LogP contribution in [0.4, 0.5) is 8.78 Å². The Labute approximate surface area is 113 Å². The van der Waals surface area contributed by atoms with Crippen LogP contribution in [-0.2, 0) is 9.53 Å². The molecule has 1 unspecified atom stereocenters. The fourth-order valence-corrected chi connectivity index (χ4v) is 2.87. The van der Waals surface area contributed by atoms with Gasteiger partial charge in [-0.3, -0.25) is 4.79 Å². The molecule has 0 N–H and O–H groups in total. The molecular formula is C13H24F2O2S. The van der Waals surface area contributed by atoms with Gasteiger partial charge in [0.1, 0.15) is 5.25 Å². The van der Waals surface area contributed by atoms with Gasteiger partial charge in [-0.25, -0.2) is 8.78 Å². The topological polar surface area (TPSA) is 26.3 Å². The van der Waals surface area contributed by atoms with E-state index < -0.39 is 5.92 Å². The number of alkyl halides is 2. The van der Waals surface area contributed by atoms with Crippen molar-refractivity contribution in [2.75, 3.05) is 12.9 Å². The Morgan fingerprint density at radius 1 is 1.39 bits per heavy atom. The van der Waals surface area contributed by atoms with E-state index in [0.29, 0.717) is 18.1 Å². The highest BCUT2D eigenvalue weighted by Crippen LogP contribution is 2.27. The van der Waals surface area contributed by atoms with Gasteiger partial charge in [-0.2, -0.15) is 0 Å². The second-order valence-corrected chi connectivity index (χ2v) is 6.14. The standard InChI is InChI=1S/C13H24F2O2S/c1-5-13(14,15)7-6-8-18-11(9-10(2)3)12(16)17-4/h10-11H,5-9H2,1-4H3. The number of methoxy groups -OCH3 is 1. The first-order valence-corrected chi connectivity index (χ1v) is 7.44. The van der Waals surface area contributed by atoms with Crippen molar-refractivity contribution in [1.82, 2.24) is 0 Å². The Hall–Kier alpha value is -0.320. The van der Waals surface area contributed by atoms with E-state index in [-0.39, 0.29) is 24.1 Å². The molecule has 0 aromatic carbocycles. The van der Waals surface area contributed by atoms with E-state index in [2.05, 4.69) is 0 Å². The lowest BCUT2D eigenvalue weighted by atomic mass is 10.1. The zero-order chi connectivity index (χ0) is 14.2. The maximum atomic E-state index is 13.0. The van der Waals surface area contributed by atoms with E-state index in [1.54, 1.807) is 0 Å². The Morgan fingerprint density at radius 2 is 2.00 bits per heavy atom. The van der Waals surface area contributed by atoms with Crippen LogP contribution < -0.4 is 0 Å². The zero-order valence-corrected chi connectivity index (χ0v) is 12.5. The van der Waals surface area contributed by atoms with Crippen molar-refractivity contribution in [2.24, 2.45) is 5.92 Å². The normalized spacial score (nSPS) is 13.7. The molecule has 0 bridgehead atoms. The lowest BCUT2D eigenvalue weighted by Crippen LogP contribution is -2.22. The number of rotatable bonds is 9. The molecule has 0 fully saturated rings. The van der Waals surface area contributed by atoms with Crippen molar-refractivity contribution >= 4 is 17.7 Å². The predicted molar refractivity (Wildman–Crippen MR) is 72.2 cm³/mol. The molecule has 2 nitrogen and oxygen atoms in total. The summed E-state index contributed by atoms with van der Waals surface area (Å²) in [6.45, 7) is 5.55. The fourth-order valence-electron chi connectivity index (χ4n) is 1.53. The number of esters is 1. The van der Waals surface area contributed by atoms with Crippen LogP contribution >= 0.6 is 11.8 Å². The summed E-state index contributed by atoms with van der Waals surface area (Å²) in [6, 6.07) is 0. The highest BCUT2D eigenvalue weighted by Gasteiger charge is 2.26. The van der Waals surface area contributed by atoms with Crippen molar-refractivity contribution in [3.8, 4) is 0 Å². The molecule has 0 heterocycles. The van der Waals surface area contributed by atoms with Crippen LogP contribution in [0.5, 0.6) is 0 Å². The van der Waals surface area contributed by atoms with Crippen molar-refractivity contribution in [2.45, 2.75) is 57.6 Å². The third-order valence-electron chi connectivity index (χ3n) is 2.67. The van der Waals surface area contributed by atoms with E-state index in [9.17, 15) is 13.6 Å².